The predicted molar refractivity (Wildman–Crippen MR) is 132 cm³/mol. The summed E-state index contributed by atoms with van der Waals surface area (Å²) >= 11 is 1.74. The molecule has 0 aliphatic heterocycles. The summed E-state index contributed by atoms with van der Waals surface area (Å²) in [5, 5.41) is 2.85. The first-order valence-corrected chi connectivity index (χ1v) is 12.9. The maximum atomic E-state index is 13.3. The Morgan fingerprint density at radius 3 is 2.09 bits per heavy atom. The lowest BCUT2D eigenvalue weighted by molar-refractivity contribution is -0.119. The van der Waals surface area contributed by atoms with E-state index in [1.807, 2.05) is 13.0 Å². The highest BCUT2D eigenvalue weighted by Crippen LogP contribution is 2.23. The van der Waals surface area contributed by atoms with Crippen LogP contribution in [0, 0.1) is 13.8 Å². The number of benzene rings is 3. The van der Waals surface area contributed by atoms with Gasteiger partial charge in [-0.3, -0.25) is 9.10 Å². The molecule has 32 heavy (non-hydrogen) atoms. The minimum absolute atomic E-state index is 0.161. The quantitative estimate of drug-likeness (QED) is 0.343. The van der Waals surface area contributed by atoms with Crippen LogP contribution < -0.4 is 9.62 Å². The summed E-state index contributed by atoms with van der Waals surface area (Å²) in [6.45, 7) is 4.17. The molecule has 168 valence electrons. The van der Waals surface area contributed by atoms with Crippen LogP contribution in [0.5, 0.6) is 0 Å². The van der Waals surface area contributed by atoms with Crippen molar-refractivity contribution >= 4 is 33.4 Å². The van der Waals surface area contributed by atoms with Crippen LogP contribution in [0.4, 0.5) is 5.69 Å². The van der Waals surface area contributed by atoms with Crippen LogP contribution in [-0.2, 0) is 14.8 Å². The Hall–Kier alpha value is -2.77. The Bertz CT molecular complexity index is 1110. The van der Waals surface area contributed by atoms with E-state index in [9.17, 15) is 13.2 Å². The molecule has 0 heterocycles. The number of hydrogen-bond acceptors (Lipinski definition) is 4. The number of amides is 1. The largest absolute Gasteiger partial charge is 0.354 e. The molecule has 0 aromatic heterocycles. The van der Waals surface area contributed by atoms with Crippen molar-refractivity contribution in [1.82, 2.24) is 5.32 Å². The van der Waals surface area contributed by atoms with E-state index in [4.69, 9.17) is 0 Å². The van der Waals surface area contributed by atoms with Gasteiger partial charge in [-0.25, -0.2) is 8.42 Å². The molecule has 0 aliphatic carbocycles. The van der Waals surface area contributed by atoms with Gasteiger partial charge in [-0.1, -0.05) is 53.6 Å². The second-order valence-electron chi connectivity index (χ2n) is 7.53. The van der Waals surface area contributed by atoms with Crippen molar-refractivity contribution in [3.05, 3.63) is 90.0 Å². The highest BCUT2D eigenvalue weighted by atomic mass is 32.2. The number of rotatable bonds is 10. The molecular weight excluding hydrogens is 440 g/mol. The third-order valence-electron chi connectivity index (χ3n) is 4.87. The van der Waals surface area contributed by atoms with Crippen molar-refractivity contribution in [1.29, 1.82) is 0 Å². The standard InChI is InChI=1S/C25H28N2O3S2/c1-20-9-13-23(14-10-20)31-18-6-17-26-25(28)19-27(22-7-4-3-5-8-22)32(29,30)24-15-11-21(2)12-16-24/h3-5,7-16H,6,17-19H2,1-2H3,(H,26,28). The summed E-state index contributed by atoms with van der Waals surface area (Å²) in [6, 6.07) is 23.7. The minimum Gasteiger partial charge on any atom is -0.354 e. The second kappa shape index (κ2) is 11.2. The number of sulfonamides is 1. The zero-order chi connectivity index (χ0) is 23.0. The van der Waals surface area contributed by atoms with Crippen LogP contribution in [0.3, 0.4) is 0 Å². The van der Waals surface area contributed by atoms with Gasteiger partial charge in [0.15, 0.2) is 0 Å². The van der Waals surface area contributed by atoms with Crippen molar-refractivity contribution in [3.8, 4) is 0 Å². The van der Waals surface area contributed by atoms with Gasteiger partial charge in [0.25, 0.3) is 10.0 Å². The summed E-state index contributed by atoms with van der Waals surface area (Å²) in [5.74, 6) is 0.540. The Labute approximate surface area is 194 Å². The lowest BCUT2D eigenvalue weighted by Crippen LogP contribution is -2.41. The topological polar surface area (TPSA) is 66.5 Å². The van der Waals surface area contributed by atoms with E-state index in [1.54, 1.807) is 60.3 Å². The average Bonchev–Trinajstić information content (AvgIpc) is 2.79. The molecule has 0 radical (unpaired) electrons. The number of carbonyl (C=O) groups is 1. The number of para-hydroxylation sites is 1. The first-order valence-electron chi connectivity index (χ1n) is 10.5. The lowest BCUT2D eigenvalue weighted by atomic mass is 10.2. The van der Waals surface area contributed by atoms with E-state index in [2.05, 4.69) is 36.5 Å². The molecule has 1 N–H and O–H groups in total. The highest BCUT2D eigenvalue weighted by molar-refractivity contribution is 7.99. The predicted octanol–water partition coefficient (Wildman–Crippen LogP) is 4.80. The van der Waals surface area contributed by atoms with Gasteiger partial charge in [0.2, 0.25) is 5.91 Å². The number of nitrogens with zero attached hydrogens (tertiary/aromatic N) is 1. The van der Waals surface area contributed by atoms with E-state index < -0.39 is 10.0 Å². The van der Waals surface area contributed by atoms with Crippen LogP contribution >= 0.6 is 11.8 Å². The molecule has 0 saturated carbocycles. The lowest BCUT2D eigenvalue weighted by Gasteiger charge is -2.24. The van der Waals surface area contributed by atoms with Gasteiger partial charge in [-0.15, -0.1) is 11.8 Å². The SMILES string of the molecule is Cc1ccc(SCCCNC(=O)CN(c2ccccc2)S(=O)(=O)c2ccc(C)cc2)cc1. The molecule has 5 nitrogen and oxygen atoms in total. The fraction of sp³-hybridized carbons (Fsp3) is 0.240. The summed E-state index contributed by atoms with van der Waals surface area (Å²) in [4.78, 5) is 14.0. The van der Waals surface area contributed by atoms with Crippen LogP contribution in [0.2, 0.25) is 0 Å². The Balaban J connectivity index is 1.60. The number of thioether (sulfide) groups is 1. The van der Waals surface area contributed by atoms with Crippen molar-refractivity contribution < 1.29 is 13.2 Å². The van der Waals surface area contributed by atoms with E-state index in [-0.39, 0.29) is 17.3 Å². The zero-order valence-corrected chi connectivity index (χ0v) is 20.0. The Kier molecular flexibility index (Phi) is 8.36. The Morgan fingerprint density at radius 1 is 0.875 bits per heavy atom. The number of aryl methyl sites for hydroxylation is 2. The van der Waals surface area contributed by atoms with E-state index in [0.717, 1.165) is 22.0 Å². The van der Waals surface area contributed by atoms with Crippen molar-refractivity contribution in [2.75, 3.05) is 23.1 Å². The number of nitrogens with one attached hydrogen (secondary N) is 1. The molecule has 0 saturated heterocycles. The molecule has 0 atom stereocenters. The summed E-state index contributed by atoms with van der Waals surface area (Å²) in [6.07, 6.45) is 0.792. The smallest absolute Gasteiger partial charge is 0.264 e. The molecule has 0 fully saturated rings. The molecule has 1 amide bonds. The molecule has 7 heteroatoms. The van der Waals surface area contributed by atoms with Gasteiger partial charge < -0.3 is 5.32 Å². The minimum atomic E-state index is -3.87. The van der Waals surface area contributed by atoms with Gasteiger partial charge in [-0.05, 0) is 62.4 Å². The summed E-state index contributed by atoms with van der Waals surface area (Å²) in [5.41, 5.74) is 2.65. The zero-order valence-electron chi connectivity index (χ0n) is 18.3. The molecule has 0 spiro atoms. The van der Waals surface area contributed by atoms with Crippen LogP contribution in [0.1, 0.15) is 17.5 Å². The van der Waals surface area contributed by atoms with Crippen molar-refractivity contribution in [2.45, 2.75) is 30.1 Å². The van der Waals surface area contributed by atoms with Gasteiger partial charge in [0.1, 0.15) is 6.54 Å². The van der Waals surface area contributed by atoms with Crippen LogP contribution in [-0.4, -0.2) is 33.2 Å². The molecule has 0 bridgehead atoms. The molecule has 3 rings (SSSR count). The summed E-state index contributed by atoms with van der Waals surface area (Å²) < 4.78 is 27.7. The average molecular weight is 469 g/mol. The normalized spacial score (nSPS) is 11.2. The second-order valence-corrected chi connectivity index (χ2v) is 10.6. The Morgan fingerprint density at radius 2 is 1.47 bits per heavy atom. The van der Waals surface area contributed by atoms with Crippen molar-refractivity contribution in [3.63, 3.8) is 0 Å². The monoisotopic (exact) mass is 468 g/mol. The van der Waals surface area contributed by atoms with E-state index in [0.29, 0.717) is 12.2 Å². The maximum Gasteiger partial charge on any atom is 0.264 e. The van der Waals surface area contributed by atoms with Gasteiger partial charge in [0, 0.05) is 11.4 Å². The fourth-order valence-corrected chi connectivity index (χ4v) is 5.33. The molecule has 0 unspecified atom stereocenters. The van der Waals surface area contributed by atoms with Gasteiger partial charge in [-0.2, -0.15) is 0 Å². The molecule has 3 aromatic carbocycles. The first kappa shape index (κ1) is 23.9. The van der Waals surface area contributed by atoms with Gasteiger partial charge in [0.05, 0.1) is 10.6 Å². The van der Waals surface area contributed by atoms with E-state index in [1.165, 1.54) is 10.5 Å². The molecule has 0 aliphatic rings. The van der Waals surface area contributed by atoms with E-state index >= 15 is 0 Å². The van der Waals surface area contributed by atoms with Crippen molar-refractivity contribution in [2.24, 2.45) is 0 Å². The van der Waals surface area contributed by atoms with Crippen LogP contribution in [0.25, 0.3) is 0 Å². The number of anilines is 1. The summed E-state index contributed by atoms with van der Waals surface area (Å²) in [7, 11) is -3.87. The van der Waals surface area contributed by atoms with Gasteiger partial charge >= 0.3 is 0 Å². The highest BCUT2D eigenvalue weighted by Gasteiger charge is 2.26. The number of carbonyl (C=O) groups excluding carboxylic acids is 1. The number of hydrogen-bond donors (Lipinski definition) is 1. The maximum absolute atomic E-state index is 13.3. The fourth-order valence-electron chi connectivity index (χ4n) is 3.06. The third-order valence-corrected chi connectivity index (χ3v) is 7.76. The van der Waals surface area contributed by atoms with Crippen LogP contribution in [0.15, 0.2) is 88.7 Å². The first-order chi connectivity index (χ1) is 15.4. The molecule has 3 aromatic rings. The molecular formula is C25H28N2O3S2. The third kappa shape index (κ3) is 6.61.